The first-order valence-corrected chi connectivity index (χ1v) is 9.24. The van der Waals surface area contributed by atoms with Gasteiger partial charge in [0.15, 0.2) is 0 Å². The highest BCUT2D eigenvalue weighted by atomic mass is 32.1. The number of hydrogen-bond donors (Lipinski definition) is 1. The molecule has 0 unspecified atom stereocenters. The van der Waals surface area contributed by atoms with E-state index in [2.05, 4.69) is 11.1 Å². The number of hydrogen-bond acceptors (Lipinski definition) is 4. The number of amides is 1. The Labute approximate surface area is 145 Å². The van der Waals surface area contributed by atoms with Gasteiger partial charge in [0, 0.05) is 19.0 Å². The SMILES string of the molecule is C[C@@H]1[C@H](C(=O)O)CCCN1C(=O)CCCc1nc2ccccc2s1. The number of nitrogens with zero attached hydrogens (tertiary/aromatic N) is 2. The number of para-hydroxylation sites is 1. The highest BCUT2D eigenvalue weighted by molar-refractivity contribution is 7.18. The summed E-state index contributed by atoms with van der Waals surface area (Å²) in [5, 5.41) is 10.3. The number of rotatable bonds is 5. The molecule has 5 nitrogen and oxygen atoms in total. The fraction of sp³-hybridized carbons (Fsp3) is 0.500. The van der Waals surface area contributed by atoms with Crippen molar-refractivity contribution in [3.63, 3.8) is 0 Å². The molecule has 1 aromatic carbocycles. The first-order valence-electron chi connectivity index (χ1n) is 8.43. The van der Waals surface area contributed by atoms with Crippen LogP contribution in [0.3, 0.4) is 0 Å². The molecule has 0 bridgehead atoms. The minimum atomic E-state index is -0.797. The quantitative estimate of drug-likeness (QED) is 0.901. The molecule has 3 rings (SSSR count). The van der Waals surface area contributed by atoms with Crippen LogP contribution < -0.4 is 0 Å². The Hall–Kier alpha value is -1.95. The summed E-state index contributed by atoms with van der Waals surface area (Å²) in [6, 6.07) is 7.83. The van der Waals surface area contributed by atoms with Gasteiger partial charge >= 0.3 is 5.97 Å². The van der Waals surface area contributed by atoms with Gasteiger partial charge in [-0.2, -0.15) is 0 Å². The average Bonchev–Trinajstić information content (AvgIpc) is 2.97. The van der Waals surface area contributed by atoms with Crippen LogP contribution in [0.2, 0.25) is 0 Å². The largest absolute Gasteiger partial charge is 0.481 e. The second-order valence-corrected chi connectivity index (χ2v) is 7.46. The third-order valence-electron chi connectivity index (χ3n) is 4.75. The molecule has 1 aromatic heterocycles. The van der Waals surface area contributed by atoms with Crippen molar-refractivity contribution in [2.75, 3.05) is 6.54 Å². The first kappa shape index (κ1) is 16.9. The van der Waals surface area contributed by atoms with Gasteiger partial charge in [0.2, 0.25) is 5.91 Å². The molecule has 1 N–H and O–H groups in total. The lowest BCUT2D eigenvalue weighted by molar-refractivity contribution is -0.149. The number of aliphatic carboxylic acids is 1. The normalized spacial score (nSPS) is 21.1. The fourth-order valence-electron chi connectivity index (χ4n) is 3.39. The lowest BCUT2D eigenvalue weighted by atomic mass is 9.90. The van der Waals surface area contributed by atoms with Crippen LogP contribution in [0.4, 0.5) is 0 Å². The highest BCUT2D eigenvalue weighted by Crippen LogP contribution is 2.26. The number of carbonyl (C=O) groups is 2. The monoisotopic (exact) mass is 346 g/mol. The number of carbonyl (C=O) groups excluding carboxylic acids is 1. The maximum absolute atomic E-state index is 12.5. The molecular weight excluding hydrogens is 324 g/mol. The summed E-state index contributed by atoms with van der Waals surface area (Å²) in [4.78, 5) is 30.1. The summed E-state index contributed by atoms with van der Waals surface area (Å²) < 4.78 is 1.17. The average molecular weight is 346 g/mol. The van der Waals surface area contributed by atoms with Crippen molar-refractivity contribution in [3.05, 3.63) is 29.3 Å². The zero-order valence-corrected chi connectivity index (χ0v) is 14.6. The van der Waals surface area contributed by atoms with Crippen LogP contribution in [0, 0.1) is 5.92 Å². The number of aromatic nitrogens is 1. The van der Waals surface area contributed by atoms with E-state index in [9.17, 15) is 14.7 Å². The van der Waals surface area contributed by atoms with Gasteiger partial charge in [-0.1, -0.05) is 12.1 Å². The van der Waals surface area contributed by atoms with Gasteiger partial charge in [-0.05, 0) is 44.7 Å². The summed E-state index contributed by atoms with van der Waals surface area (Å²) in [5.41, 5.74) is 1.01. The van der Waals surface area contributed by atoms with Gasteiger partial charge in [-0.3, -0.25) is 9.59 Å². The number of benzene rings is 1. The molecule has 1 amide bonds. The Kier molecular flexibility index (Phi) is 5.14. The molecule has 2 aromatic rings. The van der Waals surface area contributed by atoms with Crippen LogP contribution >= 0.6 is 11.3 Å². The molecule has 24 heavy (non-hydrogen) atoms. The van der Waals surface area contributed by atoms with Crippen molar-refractivity contribution in [2.24, 2.45) is 5.92 Å². The predicted molar refractivity (Wildman–Crippen MR) is 94.1 cm³/mol. The highest BCUT2D eigenvalue weighted by Gasteiger charge is 2.34. The van der Waals surface area contributed by atoms with Gasteiger partial charge in [0.25, 0.3) is 0 Å². The number of thiazole rings is 1. The standard InChI is InChI=1S/C18H22N2O3S/c1-12-13(18(22)23)6-5-11-20(12)17(21)10-4-9-16-19-14-7-2-3-8-15(14)24-16/h2-3,7-8,12-13H,4-6,9-11H2,1H3,(H,22,23)/t12-,13-/m1/s1. The molecule has 1 aliphatic heterocycles. The molecule has 0 radical (unpaired) electrons. The summed E-state index contributed by atoms with van der Waals surface area (Å²) in [6.07, 6.45) is 3.42. The summed E-state index contributed by atoms with van der Waals surface area (Å²) in [5.74, 6) is -1.17. The number of likely N-dealkylation sites (tertiary alicyclic amines) is 1. The third kappa shape index (κ3) is 3.59. The molecule has 2 heterocycles. The number of carboxylic acid groups (broad SMARTS) is 1. The van der Waals surface area contributed by atoms with Crippen molar-refractivity contribution in [2.45, 2.75) is 45.1 Å². The van der Waals surface area contributed by atoms with E-state index in [-0.39, 0.29) is 11.9 Å². The molecule has 2 atom stereocenters. The zero-order valence-electron chi connectivity index (χ0n) is 13.8. The minimum Gasteiger partial charge on any atom is -0.481 e. The number of carboxylic acids is 1. The molecule has 0 saturated carbocycles. The van der Waals surface area contributed by atoms with Crippen molar-refractivity contribution in [1.29, 1.82) is 0 Å². The van der Waals surface area contributed by atoms with Crippen LogP contribution in [0.25, 0.3) is 10.2 Å². The smallest absolute Gasteiger partial charge is 0.308 e. The maximum atomic E-state index is 12.5. The molecule has 1 saturated heterocycles. The van der Waals surface area contributed by atoms with Crippen LogP contribution in [0.1, 0.15) is 37.6 Å². The predicted octanol–water partition coefficient (Wildman–Crippen LogP) is 3.33. The van der Waals surface area contributed by atoms with E-state index in [4.69, 9.17) is 0 Å². The number of piperidine rings is 1. The molecule has 128 valence electrons. The Morgan fingerprint density at radius 1 is 1.38 bits per heavy atom. The zero-order chi connectivity index (χ0) is 17.1. The second-order valence-electron chi connectivity index (χ2n) is 6.34. The Morgan fingerprint density at radius 2 is 2.17 bits per heavy atom. The van der Waals surface area contributed by atoms with Crippen LogP contribution in [-0.2, 0) is 16.0 Å². The maximum Gasteiger partial charge on any atom is 0.308 e. The van der Waals surface area contributed by atoms with E-state index in [1.807, 2.05) is 25.1 Å². The lowest BCUT2D eigenvalue weighted by Crippen LogP contribution is -2.49. The van der Waals surface area contributed by atoms with E-state index in [1.54, 1.807) is 16.2 Å². The molecule has 1 fully saturated rings. The summed E-state index contributed by atoms with van der Waals surface area (Å²) in [6.45, 7) is 2.52. The molecule has 1 aliphatic rings. The van der Waals surface area contributed by atoms with Crippen LogP contribution in [-0.4, -0.2) is 39.5 Å². The van der Waals surface area contributed by atoms with Gasteiger partial charge in [-0.15, -0.1) is 11.3 Å². The van der Waals surface area contributed by atoms with Crippen LogP contribution in [0.5, 0.6) is 0 Å². The van der Waals surface area contributed by atoms with E-state index in [0.29, 0.717) is 19.4 Å². The fourth-order valence-corrected chi connectivity index (χ4v) is 4.40. The van der Waals surface area contributed by atoms with Gasteiger partial charge in [0.05, 0.1) is 21.1 Å². The summed E-state index contributed by atoms with van der Waals surface area (Å²) in [7, 11) is 0. The van der Waals surface area contributed by atoms with Crippen LogP contribution in [0.15, 0.2) is 24.3 Å². The number of fused-ring (bicyclic) bond motifs is 1. The second kappa shape index (κ2) is 7.30. The minimum absolute atomic E-state index is 0.0644. The van der Waals surface area contributed by atoms with Gasteiger partial charge in [0.1, 0.15) is 0 Å². The van der Waals surface area contributed by atoms with Gasteiger partial charge < -0.3 is 10.0 Å². The van der Waals surface area contributed by atoms with E-state index < -0.39 is 11.9 Å². The lowest BCUT2D eigenvalue weighted by Gasteiger charge is -2.37. The van der Waals surface area contributed by atoms with Crippen molar-refractivity contribution in [3.8, 4) is 0 Å². The molecule has 6 heteroatoms. The topological polar surface area (TPSA) is 70.5 Å². The van der Waals surface area contributed by atoms with E-state index >= 15 is 0 Å². The van der Waals surface area contributed by atoms with E-state index in [0.717, 1.165) is 29.8 Å². The van der Waals surface area contributed by atoms with Gasteiger partial charge in [-0.25, -0.2) is 4.98 Å². The number of aryl methyl sites for hydroxylation is 1. The Balaban J connectivity index is 1.54. The van der Waals surface area contributed by atoms with Crippen molar-refractivity contribution in [1.82, 2.24) is 9.88 Å². The first-order chi connectivity index (χ1) is 11.6. The summed E-state index contributed by atoms with van der Waals surface area (Å²) >= 11 is 1.68. The van der Waals surface area contributed by atoms with E-state index in [1.165, 1.54) is 4.70 Å². The Morgan fingerprint density at radius 3 is 2.92 bits per heavy atom. The molecular formula is C18H22N2O3S. The Bertz CT molecular complexity index is 710. The van der Waals surface area contributed by atoms with Crippen molar-refractivity contribution < 1.29 is 14.7 Å². The third-order valence-corrected chi connectivity index (χ3v) is 5.84. The molecule has 0 aliphatic carbocycles. The van der Waals surface area contributed by atoms with Crippen molar-refractivity contribution >= 4 is 33.4 Å². The molecule has 0 spiro atoms.